The van der Waals surface area contributed by atoms with Crippen LogP contribution >= 0.6 is 0 Å². The summed E-state index contributed by atoms with van der Waals surface area (Å²) in [5, 5.41) is 6.69. The zero-order valence-electron chi connectivity index (χ0n) is 18.7. The number of nitrogens with one attached hydrogen (secondary N) is 2. The van der Waals surface area contributed by atoms with Gasteiger partial charge in [-0.2, -0.15) is 0 Å². The molecule has 0 radical (unpaired) electrons. The van der Waals surface area contributed by atoms with Gasteiger partial charge >= 0.3 is 0 Å². The highest BCUT2D eigenvalue weighted by molar-refractivity contribution is 7.90. The van der Waals surface area contributed by atoms with Crippen molar-refractivity contribution in [3.05, 3.63) is 35.9 Å². The molecule has 0 aliphatic rings. The maximum Gasteiger partial charge on any atom is 0.191 e. The average Bonchev–Trinajstić information content (AvgIpc) is 2.69. The van der Waals surface area contributed by atoms with E-state index in [2.05, 4.69) is 41.3 Å². The number of guanidine groups is 1. The second-order valence-electron chi connectivity index (χ2n) is 7.41. The number of hydrogen-bond acceptors (Lipinski definition) is 4. The van der Waals surface area contributed by atoms with Crippen molar-refractivity contribution in [1.82, 2.24) is 15.5 Å². The van der Waals surface area contributed by atoms with Crippen molar-refractivity contribution in [2.75, 3.05) is 38.5 Å². The Balaban J connectivity index is 2.40. The molecule has 7 heteroatoms. The van der Waals surface area contributed by atoms with Crippen molar-refractivity contribution in [1.29, 1.82) is 0 Å². The summed E-state index contributed by atoms with van der Waals surface area (Å²) >= 11 is 0. The maximum atomic E-state index is 12.3. The van der Waals surface area contributed by atoms with E-state index in [9.17, 15) is 8.42 Å². The van der Waals surface area contributed by atoms with Crippen LogP contribution < -0.4 is 10.6 Å². The Kier molecular flexibility index (Phi) is 12.6. The smallest absolute Gasteiger partial charge is 0.191 e. The van der Waals surface area contributed by atoms with Gasteiger partial charge in [0.2, 0.25) is 0 Å². The Morgan fingerprint density at radius 2 is 1.79 bits per heavy atom. The molecule has 1 aromatic carbocycles. The summed E-state index contributed by atoms with van der Waals surface area (Å²) in [6, 6.07) is 9.66. The molecule has 0 saturated carbocycles. The maximum absolute atomic E-state index is 12.3. The van der Waals surface area contributed by atoms with Gasteiger partial charge in [-0.25, -0.2) is 8.42 Å². The van der Waals surface area contributed by atoms with Gasteiger partial charge in [0, 0.05) is 19.1 Å². The predicted molar refractivity (Wildman–Crippen MR) is 124 cm³/mol. The number of benzene rings is 1. The Morgan fingerprint density at radius 3 is 2.41 bits per heavy atom. The lowest BCUT2D eigenvalue weighted by molar-refractivity contribution is 0.292. The van der Waals surface area contributed by atoms with E-state index in [1.54, 1.807) is 0 Å². The van der Waals surface area contributed by atoms with E-state index >= 15 is 0 Å². The third-order valence-corrected chi connectivity index (χ3v) is 6.53. The molecule has 2 N–H and O–H groups in total. The molecule has 0 amide bonds. The lowest BCUT2D eigenvalue weighted by Gasteiger charge is -2.21. The summed E-state index contributed by atoms with van der Waals surface area (Å²) in [5.41, 5.74) is 0.838. The van der Waals surface area contributed by atoms with Crippen molar-refractivity contribution < 1.29 is 8.42 Å². The highest BCUT2D eigenvalue weighted by Gasteiger charge is 2.12. The molecule has 0 fully saturated rings. The van der Waals surface area contributed by atoms with Crippen LogP contribution in [0.2, 0.25) is 0 Å². The minimum atomic E-state index is -3.11. The summed E-state index contributed by atoms with van der Waals surface area (Å²) in [6.07, 6.45) is 2.75. The lowest BCUT2D eigenvalue weighted by Crippen LogP contribution is -2.42. The first kappa shape index (κ1) is 25.4. The molecule has 0 bridgehead atoms. The molecule has 0 heterocycles. The highest BCUT2D eigenvalue weighted by atomic mass is 32.2. The summed E-state index contributed by atoms with van der Waals surface area (Å²) in [6.45, 7) is 13.2. The zero-order chi connectivity index (χ0) is 21.5. The van der Waals surface area contributed by atoms with Crippen molar-refractivity contribution in [3.8, 4) is 0 Å². The summed E-state index contributed by atoms with van der Waals surface area (Å²) in [7, 11) is -3.11. The summed E-state index contributed by atoms with van der Waals surface area (Å²) < 4.78 is 24.6. The van der Waals surface area contributed by atoms with Gasteiger partial charge in [-0.15, -0.1) is 0 Å². The normalized spacial score (nSPS) is 13.5. The Bertz CT molecular complexity index is 673. The topological polar surface area (TPSA) is 73.8 Å². The van der Waals surface area contributed by atoms with Crippen molar-refractivity contribution >= 4 is 15.8 Å². The number of hydrogen-bond donors (Lipinski definition) is 2. The van der Waals surface area contributed by atoms with E-state index < -0.39 is 9.84 Å². The van der Waals surface area contributed by atoms with Crippen LogP contribution in [0.25, 0.3) is 0 Å². The fourth-order valence-electron chi connectivity index (χ4n) is 3.16. The first-order valence-corrected chi connectivity index (χ1v) is 12.7. The molecule has 166 valence electrons. The Hall–Kier alpha value is -1.60. The molecule has 0 saturated heterocycles. The minimum absolute atomic E-state index is 0.0967. The van der Waals surface area contributed by atoms with E-state index in [1.807, 2.05) is 37.3 Å². The average molecular weight is 425 g/mol. The van der Waals surface area contributed by atoms with E-state index in [4.69, 9.17) is 0 Å². The molecule has 6 nitrogen and oxygen atoms in total. The fourth-order valence-corrected chi connectivity index (χ4v) is 4.58. The molecule has 1 rings (SSSR count). The molecular formula is C22H40N4O2S. The van der Waals surface area contributed by atoms with Crippen LogP contribution in [0, 0.1) is 0 Å². The van der Waals surface area contributed by atoms with Crippen molar-refractivity contribution in [2.24, 2.45) is 4.99 Å². The third kappa shape index (κ3) is 11.9. The van der Waals surface area contributed by atoms with Gasteiger partial charge in [-0.3, -0.25) is 4.99 Å². The monoisotopic (exact) mass is 424 g/mol. The van der Waals surface area contributed by atoms with E-state index in [0.29, 0.717) is 19.0 Å². The quantitative estimate of drug-likeness (QED) is 0.273. The van der Waals surface area contributed by atoms with Crippen LogP contribution in [-0.4, -0.2) is 63.8 Å². The second-order valence-corrected chi connectivity index (χ2v) is 9.59. The van der Waals surface area contributed by atoms with Crippen LogP contribution in [0.5, 0.6) is 0 Å². The lowest BCUT2D eigenvalue weighted by atomic mass is 10.2. The highest BCUT2D eigenvalue weighted by Crippen LogP contribution is 2.07. The minimum Gasteiger partial charge on any atom is -0.357 e. The molecule has 0 spiro atoms. The number of nitrogens with zero attached hydrogens (tertiary/aromatic N) is 2. The number of rotatable bonds is 14. The van der Waals surface area contributed by atoms with Crippen molar-refractivity contribution in [2.45, 2.75) is 58.8 Å². The largest absolute Gasteiger partial charge is 0.357 e. The van der Waals surface area contributed by atoms with Crippen LogP contribution in [0.3, 0.4) is 0 Å². The van der Waals surface area contributed by atoms with Gasteiger partial charge in [-0.05, 0) is 58.3 Å². The second kappa shape index (κ2) is 14.4. The predicted octanol–water partition coefficient (Wildman–Crippen LogP) is 3.06. The molecule has 1 atom stereocenters. The summed E-state index contributed by atoms with van der Waals surface area (Å²) in [4.78, 5) is 6.99. The van der Waals surface area contributed by atoms with E-state index in [1.165, 1.54) is 0 Å². The number of sulfone groups is 1. The molecular weight excluding hydrogens is 384 g/mol. The van der Waals surface area contributed by atoms with Gasteiger partial charge in [0.25, 0.3) is 0 Å². The van der Waals surface area contributed by atoms with E-state index in [-0.39, 0.29) is 11.5 Å². The van der Waals surface area contributed by atoms with Gasteiger partial charge in [0.15, 0.2) is 15.8 Å². The van der Waals surface area contributed by atoms with Crippen LogP contribution in [0.15, 0.2) is 35.3 Å². The third-order valence-electron chi connectivity index (χ3n) is 4.85. The summed E-state index contributed by atoms with van der Waals surface area (Å²) in [5.74, 6) is 1.02. The van der Waals surface area contributed by atoms with Gasteiger partial charge in [0.1, 0.15) is 0 Å². The molecule has 0 aliphatic heterocycles. The molecule has 0 aliphatic carbocycles. The SMILES string of the molecule is CCNC(=NCCCS(=O)(=O)Cc1ccccc1)NC(C)CCCN(CC)CC. The Morgan fingerprint density at radius 1 is 1.10 bits per heavy atom. The van der Waals surface area contributed by atoms with Gasteiger partial charge < -0.3 is 15.5 Å². The first-order valence-electron chi connectivity index (χ1n) is 10.9. The van der Waals surface area contributed by atoms with Crippen LogP contribution in [0.1, 0.15) is 52.5 Å². The van der Waals surface area contributed by atoms with Gasteiger partial charge in [-0.1, -0.05) is 44.2 Å². The molecule has 0 aromatic heterocycles. The van der Waals surface area contributed by atoms with Crippen LogP contribution in [0.4, 0.5) is 0 Å². The van der Waals surface area contributed by atoms with E-state index in [0.717, 1.165) is 50.5 Å². The molecule has 1 aromatic rings. The number of aliphatic imine (C=N–C) groups is 1. The van der Waals surface area contributed by atoms with Crippen molar-refractivity contribution in [3.63, 3.8) is 0 Å². The zero-order valence-corrected chi connectivity index (χ0v) is 19.5. The fraction of sp³-hybridized carbons (Fsp3) is 0.682. The van der Waals surface area contributed by atoms with Crippen LogP contribution in [-0.2, 0) is 15.6 Å². The Labute approximate surface area is 178 Å². The first-order chi connectivity index (χ1) is 13.9. The standard InChI is InChI=1S/C22H40N4O2S/c1-5-23-22(25-20(4)13-11-17-26(6-2)7-3)24-16-12-18-29(27,28)19-21-14-9-8-10-15-21/h8-10,14-15,20H,5-7,11-13,16-19H2,1-4H3,(H2,23,24,25). The molecule has 1 unspecified atom stereocenters. The molecule has 29 heavy (non-hydrogen) atoms. The van der Waals surface area contributed by atoms with Gasteiger partial charge in [0.05, 0.1) is 11.5 Å².